The molecule has 0 radical (unpaired) electrons. The minimum Gasteiger partial charge on any atom is -0.366 e. The molecule has 1 atom stereocenters. The minimum atomic E-state index is 0.520. The van der Waals surface area contributed by atoms with E-state index < -0.39 is 0 Å². The standard InChI is InChI=1S/C11H15N5S/c1-16-11-9(5-14-16)10(12-7-13-11)15-8-3-2-4-17-6-8/h5,7-8H,2-4,6H2,1H3,(H,12,13,15). The lowest BCUT2D eigenvalue weighted by Gasteiger charge is -2.23. The van der Waals surface area contributed by atoms with Gasteiger partial charge < -0.3 is 5.32 Å². The van der Waals surface area contributed by atoms with E-state index in [1.807, 2.05) is 25.0 Å². The molecule has 0 amide bonds. The molecule has 2 aromatic rings. The van der Waals surface area contributed by atoms with Gasteiger partial charge in [0.25, 0.3) is 0 Å². The van der Waals surface area contributed by atoms with E-state index in [0.717, 1.165) is 22.6 Å². The monoisotopic (exact) mass is 249 g/mol. The van der Waals surface area contributed by atoms with E-state index in [1.165, 1.54) is 18.6 Å². The molecular weight excluding hydrogens is 234 g/mol. The van der Waals surface area contributed by atoms with Crippen molar-refractivity contribution in [1.82, 2.24) is 19.7 Å². The summed E-state index contributed by atoms with van der Waals surface area (Å²) < 4.78 is 1.78. The normalized spacial score (nSPS) is 20.6. The summed E-state index contributed by atoms with van der Waals surface area (Å²) in [4.78, 5) is 8.57. The van der Waals surface area contributed by atoms with Gasteiger partial charge in [0.2, 0.25) is 0 Å². The van der Waals surface area contributed by atoms with Gasteiger partial charge in [0.15, 0.2) is 5.65 Å². The second kappa shape index (κ2) is 4.52. The molecule has 1 N–H and O–H groups in total. The van der Waals surface area contributed by atoms with Crippen molar-refractivity contribution in [2.45, 2.75) is 18.9 Å². The predicted octanol–water partition coefficient (Wildman–Crippen LogP) is 1.67. The summed E-state index contributed by atoms with van der Waals surface area (Å²) in [6.07, 6.45) is 5.93. The predicted molar refractivity (Wildman–Crippen MR) is 70.3 cm³/mol. The Morgan fingerprint density at radius 3 is 3.24 bits per heavy atom. The quantitative estimate of drug-likeness (QED) is 0.877. The molecule has 5 nitrogen and oxygen atoms in total. The molecule has 6 heteroatoms. The molecule has 2 aromatic heterocycles. The number of hydrogen-bond acceptors (Lipinski definition) is 5. The van der Waals surface area contributed by atoms with E-state index in [4.69, 9.17) is 0 Å². The molecule has 1 unspecified atom stereocenters. The topological polar surface area (TPSA) is 55.6 Å². The molecule has 17 heavy (non-hydrogen) atoms. The third-order valence-electron chi connectivity index (χ3n) is 3.03. The van der Waals surface area contributed by atoms with Crippen molar-refractivity contribution < 1.29 is 0 Å². The van der Waals surface area contributed by atoms with Crippen LogP contribution in [-0.4, -0.2) is 37.3 Å². The second-order valence-electron chi connectivity index (χ2n) is 4.29. The molecule has 1 fully saturated rings. The fourth-order valence-electron chi connectivity index (χ4n) is 2.12. The maximum absolute atomic E-state index is 4.33. The Hall–Kier alpha value is -1.30. The van der Waals surface area contributed by atoms with Crippen molar-refractivity contribution in [3.05, 3.63) is 12.5 Å². The summed E-state index contributed by atoms with van der Waals surface area (Å²) >= 11 is 2.01. The van der Waals surface area contributed by atoms with Crippen LogP contribution < -0.4 is 5.32 Å². The van der Waals surface area contributed by atoms with Crippen LogP contribution in [-0.2, 0) is 7.05 Å². The highest BCUT2D eigenvalue weighted by Crippen LogP contribution is 2.23. The highest BCUT2D eigenvalue weighted by Gasteiger charge is 2.16. The summed E-state index contributed by atoms with van der Waals surface area (Å²) in [5, 5.41) is 8.74. The van der Waals surface area contributed by atoms with Crippen LogP contribution in [0.3, 0.4) is 0 Å². The Balaban J connectivity index is 1.89. The van der Waals surface area contributed by atoms with Gasteiger partial charge >= 0.3 is 0 Å². The Labute approximate surface area is 104 Å². The van der Waals surface area contributed by atoms with E-state index >= 15 is 0 Å². The zero-order valence-electron chi connectivity index (χ0n) is 9.76. The number of rotatable bonds is 2. The molecule has 3 rings (SSSR count). The first kappa shape index (κ1) is 10.8. The van der Waals surface area contributed by atoms with E-state index in [9.17, 15) is 0 Å². The van der Waals surface area contributed by atoms with Gasteiger partial charge in [-0.2, -0.15) is 16.9 Å². The number of hydrogen-bond donors (Lipinski definition) is 1. The number of aryl methyl sites for hydroxylation is 1. The zero-order valence-corrected chi connectivity index (χ0v) is 10.6. The maximum Gasteiger partial charge on any atom is 0.163 e. The lowest BCUT2D eigenvalue weighted by Crippen LogP contribution is -2.26. The molecule has 0 spiro atoms. The summed E-state index contributed by atoms with van der Waals surface area (Å²) in [6.45, 7) is 0. The van der Waals surface area contributed by atoms with Crippen molar-refractivity contribution in [3.63, 3.8) is 0 Å². The van der Waals surface area contributed by atoms with Crippen LogP contribution in [0.1, 0.15) is 12.8 Å². The van der Waals surface area contributed by atoms with Crippen LogP contribution in [0.15, 0.2) is 12.5 Å². The summed E-state index contributed by atoms with van der Waals surface area (Å²) in [5.41, 5.74) is 0.881. The van der Waals surface area contributed by atoms with Crippen molar-refractivity contribution in [2.75, 3.05) is 16.8 Å². The molecule has 0 bridgehead atoms. The first-order chi connectivity index (χ1) is 8.34. The average molecular weight is 249 g/mol. The SMILES string of the molecule is Cn1ncc2c(NC3CCCSC3)ncnc21. The van der Waals surface area contributed by atoms with E-state index in [-0.39, 0.29) is 0 Å². The number of thioether (sulfide) groups is 1. The van der Waals surface area contributed by atoms with Crippen molar-refractivity contribution in [1.29, 1.82) is 0 Å². The Kier molecular flexibility index (Phi) is 2.88. The van der Waals surface area contributed by atoms with Crippen LogP contribution in [0.4, 0.5) is 5.82 Å². The molecule has 0 saturated carbocycles. The van der Waals surface area contributed by atoms with Crippen LogP contribution in [0.5, 0.6) is 0 Å². The summed E-state index contributed by atoms with van der Waals surface area (Å²) in [6, 6.07) is 0.520. The molecule has 1 aliphatic heterocycles. The number of fused-ring (bicyclic) bond motifs is 1. The average Bonchev–Trinajstić information content (AvgIpc) is 2.74. The van der Waals surface area contributed by atoms with E-state index in [0.29, 0.717) is 6.04 Å². The van der Waals surface area contributed by atoms with Crippen LogP contribution in [0.25, 0.3) is 11.0 Å². The number of aromatic nitrogens is 4. The maximum atomic E-state index is 4.33. The van der Waals surface area contributed by atoms with Gasteiger partial charge in [0.1, 0.15) is 12.1 Å². The highest BCUT2D eigenvalue weighted by atomic mass is 32.2. The first-order valence-corrected chi connectivity index (χ1v) is 6.97. The number of nitrogens with zero attached hydrogens (tertiary/aromatic N) is 4. The zero-order chi connectivity index (χ0) is 11.7. The first-order valence-electron chi connectivity index (χ1n) is 5.81. The van der Waals surface area contributed by atoms with Crippen molar-refractivity contribution >= 4 is 28.6 Å². The molecule has 1 aliphatic rings. The van der Waals surface area contributed by atoms with Gasteiger partial charge in [-0.25, -0.2) is 9.97 Å². The fraction of sp³-hybridized carbons (Fsp3) is 0.545. The number of nitrogens with one attached hydrogen (secondary N) is 1. The Morgan fingerprint density at radius 2 is 2.41 bits per heavy atom. The van der Waals surface area contributed by atoms with Crippen LogP contribution in [0.2, 0.25) is 0 Å². The lowest BCUT2D eigenvalue weighted by atomic mass is 10.2. The highest BCUT2D eigenvalue weighted by molar-refractivity contribution is 7.99. The van der Waals surface area contributed by atoms with Crippen LogP contribution >= 0.6 is 11.8 Å². The largest absolute Gasteiger partial charge is 0.366 e. The van der Waals surface area contributed by atoms with Gasteiger partial charge in [-0.3, -0.25) is 4.68 Å². The van der Waals surface area contributed by atoms with Crippen LogP contribution in [0, 0.1) is 0 Å². The molecule has 90 valence electrons. The fourth-order valence-corrected chi connectivity index (χ4v) is 3.20. The van der Waals surface area contributed by atoms with E-state index in [1.54, 1.807) is 11.0 Å². The minimum absolute atomic E-state index is 0.520. The molecular formula is C11H15N5S. The van der Waals surface area contributed by atoms with Gasteiger partial charge in [-0.05, 0) is 18.6 Å². The molecule has 1 saturated heterocycles. The smallest absolute Gasteiger partial charge is 0.163 e. The van der Waals surface area contributed by atoms with Crippen molar-refractivity contribution in [3.8, 4) is 0 Å². The van der Waals surface area contributed by atoms with E-state index in [2.05, 4.69) is 20.4 Å². The molecule has 0 aliphatic carbocycles. The van der Waals surface area contributed by atoms with Gasteiger partial charge in [-0.1, -0.05) is 0 Å². The van der Waals surface area contributed by atoms with Crippen molar-refractivity contribution in [2.24, 2.45) is 7.05 Å². The molecule has 0 aromatic carbocycles. The Bertz CT molecular complexity index is 518. The number of anilines is 1. The summed E-state index contributed by atoms with van der Waals surface area (Å²) in [7, 11) is 1.90. The third kappa shape index (κ3) is 2.09. The van der Waals surface area contributed by atoms with Gasteiger partial charge in [0.05, 0.1) is 11.6 Å². The Morgan fingerprint density at radius 1 is 1.47 bits per heavy atom. The summed E-state index contributed by atoms with van der Waals surface area (Å²) in [5.74, 6) is 3.35. The molecule has 3 heterocycles. The lowest BCUT2D eigenvalue weighted by molar-refractivity contribution is 0.683. The second-order valence-corrected chi connectivity index (χ2v) is 5.44. The third-order valence-corrected chi connectivity index (χ3v) is 4.25. The van der Waals surface area contributed by atoms with Gasteiger partial charge in [-0.15, -0.1) is 0 Å². The van der Waals surface area contributed by atoms with Gasteiger partial charge in [0, 0.05) is 18.8 Å².